The molecule has 2 aliphatic rings. The number of fused-ring (bicyclic) bond motifs is 5. The van der Waals surface area contributed by atoms with Gasteiger partial charge in [-0.3, -0.25) is 4.57 Å². The van der Waals surface area contributed by atoms with Crippen LogP contribution in [0.2, 0.25) is 0 Å². The Morgan fingerprint density at radius 3 is 2.00 bits per heavy atom. The highest BCUT2D eigenvalue weighted by molar-refractivity contribution is 6.38. The summed E-state index contributed by atoms with van der Waals surface area (Å²) in [5, 5.41) is 7.28. The largest absolute Gasteiger partial charge is 0.456 e. The van der Waals surface area contributed by atoms with Gasteiger partial charge in [-0.1, -0.05) is 105 Å². The number of hydrogen-bond acceptors (Lipinski definition) is 3. The molecular formula is C45H27N3O. The Balaban J connectivity index is 1.30. The number of hydrogen-bond donors (Lipinski definition) is 0. The maximum Gasteiger partial charge on any atom is 0.165 e. The summed E-state index contributed by atoms with van der Waals surface area (Å²) < 4.78 is 8.92. The van der Waals surface area contributed by atoms with Crippen molar-refractivity contribution in [3.8, 4) is 39.3 Å². The van der Waals surface area contributed by atoms with Crippen LogP contribution in [0.5, 0.6) is 0 Å². The van der Waals surface area contributed by atoms with Gasteiger partial charge in [0.1, 0.15) is 16.9 Å². The topological polar surface area (TPSA) is 43.9 Å². The third-order valence-corrected chi connectivity index (χ3v) is 11.3. The molecule has 0 radical (unpaired) electrons. The van der Waals surface area contributed by atoms with Gasteiger partial charge in [0.15, 0.2) is 5.82 Å². The maximum absolute atomic E-state index is 6.55. The number of para-hydroxylation sites is 2. The Bertz CT molecular complexity index is 3140. The lowest BCUT2D eigenvalue weighted by Crippen LogP contribution is -2.14. The van der Waals surface area contributed by atoms with E-state index in [1.807, 2.05) is 12.1 Å². The van der Waals surface area contributed by atoms with E-state index in [9.17, 15) is 0 Å². The van der Waals surface area contributed by atoms with Crippen LogP contribution < -0.4 is 0 Å². The monoisotopic (exact) mass is 625 g/mol. The summed E-state index contributed by atoms with van der Waals surface area (Å²) in [6.07, 6.45) is 0. The van der Waals surface area contributed by atoms with Gasteiger partial charge >= 0.3 is 0 Å². The highest BCUT2D eigenvalue weighted by Crippen LogP contribution is 2.54. The Hall–Kier alpha value is -6.26. The van der Waals surface area contributed by atoms with E-state index in [0.717, 1.165) is 50.3 Å². The second-order valence-corrected chi connectivity index (χ2v) is 14.1. The van der Waals surface area contributed by atoms with Gasteiger partial charge in [-0.25, -0.2) is 9.97 Å². The fourth-order valence-corrected chi connectivity index (χ4v) is 9.23. The smallest absolute Gasteiger partial charge is 0.165 e. The Labute approximate surface area is 280 Å². The molecule has 49 heavy (non-hydrogen) atoms. The van der Waals surface area contributed by atoms with Gasteiger partial charge in [0.2, 0.25) is 0 Å². The second-order valence-electron chi connectivity index (χ2n) is 14.1. The van der Waals surface area contributed by atoms with Crippen LogP contribution in [0.25, 0.3) is 105 Å². The molecule has 0 bridgehead atoms. The Kier molecular flexibility index (Phi) is 4.53. The first-order valence-electron chi connectivity index (χ1n) is 16.9. The number of furan rings is 1. The maximum atomic E-state index is 6.55. The highest BCUT2D eigenvalue weighted by atomic mass is 16.3. The van der Waals surface area contributed by atoms with Crippen molar-refractivity contribution in [2.45, 2.75) is 19.3 Å². The molecule has 0 saturated heterocycles. The molecule has 0 amide bonds. The molecule has 3 heterocycles. The van der Waals surface area contributed by atoms with Gasteiger partial charge in [-0.05, 0) is 80.6 Å². The van der Waals surface area contributed by atoms with Crippen molar-refractivity contribution in [3.05, 3.63) is 139 Å². The van der Waals surface area contributed by atoms with Crippen LogP contribution in [0, 0.1) is 0 Å². The number of aromatic nitrogens is 3. The van der Waals surface area contributed by atoms with Crippen molar-refractivity contribution in [1.29, 1.82) is 0 Å². The lowest BCUT2D eigenvalue weighted by Gasteiger charge is -2.22. The standard InChI is InChI=1S/C45H27N3O/c1-45(2)29-15-4-3-11-27(29)38-28(14-8-16-30(38)45)43-44(47-32-18-6-5-17-31(32)46-43)48-33-21-20-24-10-7-12-25-26-13-9-19-35-39(26)42-36(49-35)23-22-34(48)41(42)40(33)37(24)25/h3-23H,1-2H3. The van der Waals surface area contributed by atoms with Gasteiger partial charge in [0, 0.05) is 32.5 Å². The quantitative estimate of drug-likeness (QED) is 0.192. The minimum Gasteiger partial charge on any atom is -0.456 e. The van der Waals surface area contributed by atoms with Gasteiger partial charge in [-0.15, -0.1) is 0 Å². The first-order valence-corrected chi connectivity index (χ1v) is 16.9. The zero-order valence-electron chi connectivity index (χ0n) is 26.9. The molecule has 228 valence electrons. The minimum atomic E-state index is -0.128. The zero-order valence-corrected chi connectivity index (χ0v) is 26.9. The van der Waals surface area contributed by atoms with E-state index in [1.165, 1.54) is 65.7 Å². The summed E-state index contributed by atoms with van der Waals surface area (Å²) in [5.41, 5.74) is 15.3. The van der Waals surface area contributed by atoms with E-state index >= 15 is 0 Å². The highest BCUT2D eigenvalue weighted by Gasteiger charge is 2.37. The summed E-state index contributed by atoms with van der Waals surface area (Å²) in [6.45, 7) is 4.66. The van der Waals surface area contributed by atoms with E-state index < -0.39 is 0 Å². The molecule has 0 aliphatic heterocycles. The predicted molar refractivity (Wildman–Crippen MR) is 201 cm³/mol. The first kappa shape index (κ1) is 25.8. The van der Waals surface area contributed by atoms with Crippen LogP contribution in [0.3, 0.4) is 0 Å². The van der Waals surface area contributed by atoms with Crippen LogP contribution >= 0.6 is 0 Å². The summed E-state index contributed by atoms with van der Waals surface area (Å²) in [7, 11) is 0. The van der Waals surface area contributed by atoms with E-state index in [-0.39, 0.29) is 5.41 Å². The molecule has 0 saturated carbocycles. The molecule has 10 aromatic rings. The van der Waals surface area contributed by atoms with Crippen LogP contribution in [0.1, 0.15) is 25.0 Å². The molecule has 4 heteroatoms. The van der Waals surface area contributed by atoms with Crippen molar-refractivity contribution in [2.24, 2.45) is 0 Å². The minimum absolute atomic E-state index is 0.128. The van der Waals surface area contributed by atoms with E-state index in [2.05, 4.69) is 134 Å². The number of benzene rings is 7. The third-order valence-electron chi connectivity index (χ3n) is 11.3. The van der Waals surface area contributed by atoms with Crippen LogP contribution in [-0.4, -0.2) is 14.5 Å². The second kappa shape index (κ2) is 8.60. The van der Waals surface area contributed by atoms with Gasteiger partial charge in [-0.2, -0.15) is 0 Å². The molecule has 2 aliphatic carbocycles. The molecule has 0 atom stereocenters. The molecule has 0 fully saturated rings. The summed E-state index contributed by atoms with van der Waals surface area (Å²) in [4.78, 5) is 11.0. The molecule has 0 unspecified atom stereocenters. The fourth-order valence-electron chi connectivity index (χ4n) is 9.23. The van der Waals surface area contributed by atoms with Crippen molar-refractivity contribution < 1.29 is 4.42 Å². The number of rotatable bonds is 2. The molecule has 12 rings (SSSR count). The lowest BCUT2D eigenvalue weighted by molar-refractivity contribution is 0.660. The summed E-state index contributed by atoms with van der Waals surface area (Å²) >= 11 is 0. The van der Waals surface area contributed by atoms with Crippen molar-refractivity contribution in [2.75, 3.05) is 0 Å². The van der Waals surface area contributed by atoms with Gasteiger partial charge in [0.25, 0.3) is 0 Å². The van der Waals surface area contributed by atoms with Crippen LogP contribution in [-0.2, 0) is 5.41 Å². The number of nitrogens with zero attached hydrogens (tertiary/aromatic N) is 3. The van der Waals surface area contributed by atoms with E-state index in [0.29, 0.717) is 0 Å². The SMILES string of the molecule is CC1(C)c2ccccc2-c2c(-c3nc4ccccc4nc3-n3c4ccc5cccc6c5c4c4c5c(ccc43)oc3cccc-6c35)cccc21. The molecule has 7 aromatic carbocycles. The average Bonchev–Trinajstić information content (AvgIpc) is 3.73. The van der Waals surface area contributed by atoms with Gasteiger partial charge < -0.3 is 4.42 Å². The normalized spacial score (nSPS) is 14.1. The Morgan fingerprint density at radius 2 is 1.12 bits per heavy atom. The molecule has 3 aromatic heterocycles. The lowest BCUT2D eigenvalue weighted by atomic mass is 9.82. The fraction of sp³-hybridized carbons (Fsp3) is 0.0667. The van der Waals surface area contributed by atoms with Crippen molar-refractivity contribution in [1.82, 2.24) is 14.5 Å². The average molecular weight is 626 g/mol. The molecule has 4 nitrogen and oxygen atoms in total. The van der Waals surface area contributed by atoms with Crippen molar-refractivity contribution in [3.63, 3.8) is 0 Å². The predicted octanol–water partition coefficient (Wildman–Crippen LogP) is 11.7. The van der Waals surface area contributed by atoms with Crippen molar-refractivity contribution >= 4 is 65.6 Å². The summed E-state index contributed by atoms with van der Waals surface area (Å²) in [5.74, 6) is 0.832. The van der Waals surface area contributed by atoms with Crippen LogP contribution in [0.4, 0.5) is 0 Å². The van der Waals surface area contributed by atoms with Crippen LogP contribution in [0.15, 0.2) is 132 Å². The Morgan fingerprint density at radius 1 is 0.490 bits per heavy atom. The molecule has 0 N–H and O–H groups in total. The molecule has 0 spiro atoms. The van der Waals surface area contributed by atoms with E-state index in [4.69, 9.17) is 14.4 Å². The first-order chi connectivity index (χ1) is 24.1. The van der Waals surface area contributed by atoms with Gasteiger partial charge in [0.05, 0.1) is 22.1 Å². The third kappa shape index (κ3) is 3.02. The van der Waals surface area contributed by atoms with E-state index in [1.54, 1.807) is 0 Å². The zero-order chi connectivity index (χ0) is 32.2. The summed E-state index contributed by atoms with van der Waals surface area (Å²) in [6, 6.07) is 45.8. The molecular weight excluding hydrogens is 599 g/mol.